The van der Waals surface area contributed by atoms with Gasteiger partial charge in [0, 0.05) is 13.2 Å². The van der Waals surface area contributed by atoms with Gasteiger partial charge in [-0.1, -0.05) is 6.07 Å². The molecule has 0 unspecified atom stereocenters. The molecule has 0 saturated carbocycles. The standard InChI is InChI=1S/C11H13N5O/c1-16-8(5-6-14-16)7-13-11(17)9-3-2-4-10(12)15-9/h2-6H,7H2,1H3,(H2,12,15)(H,13,17). The van der Waals surface area contributed by atoms with Crippen molar-refractivity contribution in [3.05, 3.63) is 41.9 Å². The number of aryl methyl sites for hydroxylation is 1. The maximum absolute atomic E-state index is 11.7. The molecule has 0 bridgehead atoms. The predicted molar refractivity (Wildman–Crippen MR) is 63.0 cm³/mol. The largest absolute Gasteiger partial charge is 0.384 e. The minimum absolute atomic E-state index is 0.251. The minimum Gasteiger partial charge on any atom is -0.384 e. The summed E-state index contributed by atoms with van der Waals surface area (Å²) in [5.41, 5.74) is 6.74. The zero-order valence-electron chi connectivity index (χ0n) is 9.42. The molecule has 2 heterocycles. The van der Waals surface area contributed by atoms with Crippen LogP contribution in [0.1, 0.15) is 16.2 Å². The van der Waals surface area contributed by atoms with Crippen molar-refractivity contribution in [1.82, 2.24) is 20.1 Å². The summed E-state index contributed by atoms with van der Waals surface area (Å²) in [5.74, 6) is 0.0803. The molecule has 6 heteroatoms. The van der Waals surface area contributed by atoms with Crippen molar-refractivity contribution in [3.8, 4) is 0 Å². The molecule has 0 spiro atoms. The molecule has 0 radical (unpaired) electrons. The molecule has 2 aromatic heterocycles. The number of carbonyl (C=O) groups is 1. The first-order valence-electron chi connectivity index (χ1n) is 5.14. The summed E-state index contributed by atoms with van der Waals surface area (Å²) in [7, 11) is 1.82. The van der Waals surface area contributed by atoms with Gasteiger partial charge in [0.2, 0.25) is 0 Å². The first-order chi connectivity index (χ1) is 8.16. The monoisotopic (exact) mass is 231 g/mol. The first-order valence-corrected chi connectivity index (χ1v) is 5.14. The van der Waals surface area contributed by atoms with Gasteiger partial charge in [0.05, 0.1) is 12.2 Å². The smallest absolute Gasteiger partial charge is 0.270 e. The highest BCUT2D eigenvalue weighted by atomic mass is 16.1. The maximum Gasteiger partial charge on any atom is 0.270 e. The summed E-state index contributed by atoms with van der Waals surface area (Å²) in [6.07, 6.45) is 1.68. The van der Waals surface area contributed by atoms with Crippen molar-refractivity contribution in [2.45, 2.75) is 6.54 Å². The van der Waals surface area contributed by atoms with Gasteiger partial charge in [0.15, 0.2) is 0 Å². The average Bonchev–Trinajstić information content (AvgIpc) is 2.72. The van der Waals surface area contributed by atoms with Crippen molar-refractivity contribution < 1.29 is 4.79 Å². The number of amides is 1. The van der Waals surface area contributed by atoms with Crippen LogP contribution in [0.2, 0.25) is 0 Å². The van der Waals surface area contributed by atoms with Gasteiger partial charge in [-0.25, -0.2) is 4.98 Å². The summed E-state index contributed by atoms with van der Waals surface area (Å²) >= 11 is 0. The molecule has 6 nitrogen and oxygen atoms in total. The second-order valence-electron chi connectivity index (χ2n) is 3.58. The fraction of sp³-hybridized carbons (Fsp3) is 0.182. The minimum atomic E-state index is -0.251. The predicted octanol–water partition coefficient (Wildman–Crippen LogP) is 0.327. The van der Waals surface area contributed by atoms with Crippen LogP contribution in [0.5, 0.6) is 0 Å². The molecule has 88 valence electrons. The molecular formula is C11H13N5O. The fourth-order valence-corrected chi connectivity index (χ4v) is 1.41. The number of nitrogens with two attached hydrogens (primary N) is 1. The quantitative estimate of drug-likeness (QED) is 0.797. The highest BCUT2D eigenvalue weighted by molar-refractivity contribution is 5.92. The van der Waals surface area contributed by atoms with E-state index in [0.717, 1.165) is 5.69 Å². The molecule has 0 saturated heterocycles. The number of hydrogen-bond donors (Lipinski definition) is 2. The lowest BCUT2D eigenvalue weighted by molar-refractivity contribution is 0.0945. The molecule has 2 aromatic rings. The van der Waals surface area contributed by atoms with Crippen LogP contribution in [0.25, 0.3) is 0 Å². The Morgan fingerprint density at radius 2 is 2.29 bits per heavy atom. The lowest BCUT2D eigenvalue weighted by Crippen LogP contribution is -2.25. The summed E-state index contributed by atoms with van der Waals surface area (Å²) in [4.78, 5) is 15.7. The lowest BCUT2D eigenvalue weighted by Gasteiger charge is -2.05. The first kappa shape index (κ1) is 11.1. The Balaban J connectivity index is 2.01. The number of aromatic nitrogens is 3. The van der Waals surface area contributed by atoms with E-state index >= 15 is 0 Å². The van der Waals surface area contributed by atoms with E-state index in [9.17, 15) is 4.79 Å². The lowest BCUT2D eigenvalue weighted by atomic mass is 10.3. The molecule has 2 rings (SSSR count). The molecule has 1 amide bonds. The normalized spacial score (nSPS) is 10.2. The molecule has 0 aliphatic rings. The van der Waals surface area contributed by atoms with E-state index < -0.39 is 0 Å². The number of nitrogen functional groups attached to an aromatic ring is 1. The topological polar surface area (TPSA) is 85.8 Å². The zero-order chi connectivity index (χ0) is 12.3. The van der Waals surface area contributed by atoms with Crippen LogP contribution >= 0.6 is 0 Å². The molecule has 0 fully saturated rings. The van der Waals surface area contributed by atoms with Gasteiger partial charge < -0.3 is 11.1 Å². The molecule has 0 atom stereocenters. The van der Waals surface area contributed by atoms with E-state index in [0.29, 0.717) is 18.1 Å². The summed E-state index contributed by atoms with van der Waals surface area (Å²) in [6, 6.07) is 6.79. The van der Waals surface area contributed by atoms with Crippen LogP contribution in [-0.4, -0.2) is 20.7 Å². The zero-order valence-corrected chi connectivity index (χ0v) is 9.42. The van der Waals surface area contributed by atoms with E-state index in [2.05, 4.69) is 15.4 Å². The van der Waals surface area contributed by atoms with Gasteiger partial charge in [-0.2, -0.15) is 5.10 Å². The van der Waals surface area contributed by atoms with Gasteiger partial charge in [0.1, 0.15) is 11.5 Å². The second-order valence-corrected chi connectivity index (χ2v) is 3.58. The van der Waals surface area contributed by atoms with Crippen LogP contribution in [0.15, 0.2) is 30.5 Å². The van der Waals surface area contributed by atoms with E-state index in [4.69, 9.17) is 5.73 Å². The van der Waals surface area contributed by atoms with Gasteiger partial charge in [-0.15, -0.1) is 0 Å². The Morgan fingerprint density at radius 3 is 2.94 bits per heavy atom. The number of carbonyl (C=O) groups excluding carboxylic acids is 1. The Morgan fingerprint density at radius 1 is 1.47 bits per heavy atom. The van der Waals surface area contributed by atoms with Crippen molar-refractivity contribution in [2.75, 3.05) is 5.73 Å². The number of rotatable bonds is 3. The van der Waals surface area contributed by atoms with Gasteiger partial charge >= 0.3 is 0 Å². The Hall–Kier alpha value is -2.37. The highest BCUT2D eigenvalue weighted by Gasteiger charge is 2.07. The molecule has 3 N–H and O–H groups in total. The van der Waals surface area contributed by atoms with Gasteiger partial charge in [-0.05, 0) is 18.2 Å². The van der Waals surface area contributed by atoms with Gasteiger partial charge in [0.25, 0.3) is 5.91 Å². The fourth-order valence-electron chi connectivity index (χ4n) is 1.41. The third-order valence-electron chi connectivity index (χ3n) is 2.36. The average molecular weight is 231 g/mol. The number of anilines is 1. The third-order valence-corrected chi connectivity index (χ3v) is 2.36. The van der Waals surface area contributed by atoms with Gasteiger partial charge in [-0.3, -0.25) is 9.48 Å². The summed E-state index contributed by atoms with van der Waals surface area (Å²) in [6.45, 7) is 0.409. The number of hydrogen-bond acceptors (Lipinski definition) is 4. The maximum atomic E-state index is 11.7. The second kappa shape index (κ2) is 4.65. The Labute approximate surface area is 98.5 Å². The number of nitrogens with zero attached hydrogens (tertiary/aromatic N) is 3. The molecular weight excluding hydrogens is 218 g/mol. The Bertz CT molecular complexity index is 534. The van der Waals surface area contributed by atoms with Crippen LogP contribution in [0.4, 0.5) is 5.82 Å². The summed E-state index contributed by atoms with van der Waals surface area (Å²) < 4.78 is 1.70. The third kappa shape index (κ3) is 2.60. The van der Waals surface area contributed by atoms with E-state index in [1.54, 1.807) is 29.1 Å². The van der Waals surface area contributed by atoms with E-state index in [1.165, 1.54) is 0 Å². The highest BCUT2D eigenvalue weighted by Crippen LogP contribution is 2.01. The van der Waals surface area contributed by atoms with Crippen LogP contribution < -0.4 is 11.1 Å². The van der Waals surface area contributed by atoms with Crippen LogP contribution in [0, 0.1) is 0 Å². The van der Waals surface area contributed by atoms with Crippen molar-refractivity contribution >= 4 is 11.7 Å². The molecule has 17 heavy (non-hydrogen) atoms. The SMILES string of the molecule is Cn1nccc1CNC(=O)c1cccc(N)n1. The molecule has 0 aromatic carbocycles. The molecule has 0 aliphatic heterocycles. The van der Waals surface area contributed by atoms with Crippen molar-refractivity contribution in [3.63, 3.8) is 0 Å². The van der Waals surface area contributed by atoms with Crippen LogP contribution in [0.3, 0.4) is 0 Å². The summed E-state index contributed by atoms with van der Waals surface area (Å²) in [5, 5.41) is 6.76. The molecule has 0 aliphatic carbocycles. The van der Waals surface area contributed by atoms with Crippen molar-refractivity contribution in [2.24, 2.45) is 7.05 Å². The van der Waals surface area contributed by atoms with Crippen molar-refractivity contribution in [1.29, 1.82) is 0 Å². The van der Waals surface area contributed by atoms with E-state index in [-0.39, 0.29) is 5.91 Å². The number of pyridine rings is 1. The van der Waals surface area contributed by atoms with Crippen LogP contribution in [-0.2, 0) is 13.6 Å². The van der Waals surface area contributed by atoms with E-state index in [1.807, 2.05) is 13.1 Å². The Kier molecular flexibility index (Phi) is 3.04. The number of nitrogens with one attached hydrogen (secondary N) is 1.